The molecule has 1 unspecified atom stereocenters. The standard InChI is InChI=1S/C16H19ClN2OS/c1-10(7-14-6-3-11(2)21-14)19-9-13-5-4-12(16(18)20)8-15(13)17/h3-6,8,10,19H,7,9H2,1-2H3,(H2,18,20). The third kappa shape index (κ3) is 4.56. The van der Waals surface area contributed by atoms with Crippen molar-refractivity contribution in [2.45, 2.75) is 32.9 Å². The molecule has 0 aliphatic heterocycles. The van der Waals surface area contributed by atoms with Gasteiger partial charge in [0, 0.05) is 32.9 Å². The summed E-state index contributed by atoms with van der Waals surface area (Å²) in [7, 11) is 0. The molecule has 0 bridgehead atoms. The number of amides is 1. The first-order valence-electron chi connectivity index (χ1n) is 6.82. The molecule has 0 aliphatic carbocycles. The van der Waals surface area contributed by atoms with Crippen LogP contribution in [0.4, 0.5) is 0 Å². The highest BCUT2D eigenvalue weighted by atomic mass is 35.5. The van der Waals surface area contributed by atoms with Gasteiger partial charge in [0.05, 0.1) is 0 Å². The van der Waals surface area contributed by atoms with Crippen LogP contribution in [0.5, 0.6) is 0 Å². The van der Waals surface area contributed by atoms with E-state index in [4.69, 9.17) is 17.3 Å². The van der Waals surface area contributed by atoms with Gasteiger partial charge in [-0.05, 0) is 50.1 Å². The Morgan fingerprint density at radius 3 is 2.71 bits per heavy atom. The molecular formula is C16H19ClN2OS. The van der Waals surface area contributed by atoms with Crippen molar-refractivity contribution in [1.29, 1.82) is 0 Å². The van der Waals surface area contributed by atoms with E-state index in [2.05, 4.69) is 31.3 Å². The first-order chi connectivity index (χ1) is 9.95. The first kappa shape index (κ1) is 16.0. The van der Waals surface area contributed by atoms with E-state index in [1.807, 2.05) is 17.4 Å². The van der Waals surface area contributed by atoms with Crippen LogP contribution in [0, 0.1) is 6.92 Å². The molecule has 1 amide bonds. The molecule has 2 aromatic rings. The number of halogens is 1. The lowest BCUT2D eigenvalue weighted by Crippen LogP contribution is -2.27. The van der Waals surface area contributed by atoms with E-state index in [1.54, 1.807) is 12.1 Å². The summed E-state index contributed by atoms with van der Waals surface area (Å²) in [6, 6.07) is 9.85. The summed E-state index contributed by atoms with van der Waals surface area (Å²) in [4.78, 5) is 13.8. The highest BCUT2D eigenvalue weighted by molar-refractivity contribution is 7.11. The van der Waals surface area contributed by atoms with Crippen LogP contribution in [0.15, 0.2) is 30.3 Å². The van der Waals surface area contributed by atoms with Gasteiger partial charge in [-0.1, -0.05) is 17.7 Å². The quantitative estimate of drug-likeness (QED) is 0.854. The summed E-state index contributed by atoms with van der Waals surface area (Å²) >= 11 is 8.00. The molecule has 1 heterocycles. The monoisotopic (exact) mass is 322 g/mol. The Kier molecular flexibility index (Phi) is 5.39. The minimum absolute atomic E-state index is 0.356. The van der Waals surface area contributed by atoms with Gasteiger partial charge in [-0.3, -0.25) is 4.79 Å². The lowest BCUT2D eigenvalue weighted by atomic mass is 10.1. The third-order valence-electron chi connectivity index (χ3n) is 3.28. The largest absolute Gasteiger partial charge is 0.366 e. The van der Waals surface area contributed by atoms with Crippen molar-refractivity contribution in [1.82, 2.24) is 5.32 Å². The molecule has 3 nitrogen and oxygen atoms in total. The molecule has 0 saturated heterocycles. The first-order valence-corrected chi connectivity index (χ1v) is 8.02. The molecule has 2 rings (SSSR count). The van der Waals surface area contributed by atoms with E-state index < -0.39 is 5.91 Å². The second kappa shape index (κ2) is 7.07. The van der Waals surface area contributed by atoms with Gasteiger partial charge in [0.25, 0.3) is 0 Å². The maximum Gasteiger partial charge on any atom is 0.248 e. The molecule has 0 fully saturated rings. The van der Waals surface area contributed by atoms with Crippen molar-refractivity contribution in [2.75, 3.05) is 0 Å². The second-order valence-electron chi connectivity index (χ2n) is 5.17. The minimum Gasteiger partial charge on any atom is -0.366 e. The van der Waals surface area contributed by atoms with Crippen LogP contribution in [0.1, 0.15) is 32.6 Å². The van der Waals surface area contributed by atoms with Gasteiger partial charge in [0.15, 0.2) is 0 Å². The zero-order valence-electron chi connectivity index (χ0n) is 12.2. The predicted octanol–water partition coefficient (Wildman–Crippen LogP) is 3.53. The topological polar surface area (TPSA) is 55.1 Å². The molecular weight excluding hydrogens is 304 g/mol. The fraction of sp³-hybridized carbons (Fsp3) is 0.312. The number of hydrogen-bond acceptors (Lipinski definition) is 3. The van der Waals surface area contributed by atoms with Crippen molar-refractivity contribution in [3.05, 3.63) is 56.2 Å². The molecule has 1 aromatic carbocycles. The van der Waals surface area contributed by atoms with E-state index in [0.29, 0.717) is 23.2 Å². The van der Waals surface area contributed by atoms with Gasteiger partial charge < -0.3 is 11.1 Å². The highest BCUT2D eigenvalue weighted by Gasteiger charge is 2.08. The number of primary amides is 1. The Morgan fingerprint density at radius 2 is 2.14 bits per heavy atom. The summed E-state index contributed by atoms with van der Waals surface area (Å²) in [5, 5.41) is 4.02. The van der Waals surface area contributed by atoms with E-state index in [9.17, 15) is 4.79 Å². The van der Waals surface area contributed by atoms with E-state index in [0.717, 1.165) is 12.0 Å². The van der Waals surface area contributed by atoms with Crippen molar-refractivity contribution < 1.29 is 4.79 Å². The molecule has 21 heavy (non-hydrogen) atoms. The average Bonchev–Trinajstić information content (AvgIpc) is 2.82. The normalized spacial score (nSPS) is 12.3. The fourth-order valence-electron chi connectivity index (χ4n) is 2.10. The van der Waals surface area contributed by atoms with Crippen molar-refractivity contribution in [3.8, 4) is 0 Å². The second-order valence-corrected chi connectivity index (χ2v) is 6.95. The number of carbonyl (C=O) groups is 1. The zero-order valence-corrected chi connectivity index (χ0v) is 13.7. The molecule has 0 radical (unpaired) electrons. The number of carbonyl (C=O) groups excluding carboxylic acids is 1. The Bertz CT molecular complexity index is 639. The molecule has 0 spiro atoms. The molecule has 1 aromatic heterocycles. The SMILES string of the molecule is Cc1ccc(CC(C)NCc2ccc(C(N)=O)cc2Cl)s1. The lowest BCUT2D eigenvalue weighted by Gasteiger charge is -2.14. The average molecular weight is 323 g/mol. The van der Waals surface area contributed by atoms with Gasteiger partial charge in [-0.25, -0.2) is 0 Å². The van der Waals surface area contributed by atoms with Gasteiger partial charge in [0.1, 0.15) is 0 Å². The third-order valence-corrected chi connectivity index (χ3v) is 4.66. The smallest absolute Gasteiger partial charge is 0.248 e. The molecule has 1 atom stereocenters. The zero-order chi connectivity index (χ0) is 15.4. The summed E-state index contributed by atoms with van der Waals surface area (Å²) in [6.45, 7) is 4.94. The summed E-state index contributed by atoms with van der Waals surface area (Å²) < 4.78 is 0. The summed E-state index contributed by atoms with van der Waals surface area (Å²) in [6.07, 6.45) is 0.996. The van der Waals surface area contributed by atoms with Crippen LogP contribution in [-0.2, 0) is 13.0 Å². The number of thiophene rings is 1. The maximum atomic E-state index is 11.1. The van der Waals surface area contributed by atoms with Crippen LogP contribution in [0.25, 0.3) is 0 Å². The van der Waals surface area contributed by atoms with Crippen molar-refractivity contribution in [2.24, 2.45) is 5.73 Å². The maximum absolute atomic E-state index is 11.1. The number of benzene rings is 1. The van der Waals surface area contributed by atoms with Crippen LogP contribution in [0.3, 0.4) is 0 Å². The Balaban J connectivity index is 1.91. The van der Waals surface area contributed by atoms with Crippen molar-refractivity contribution >= 4 is 28.8 Å². The Morgan fingerprint density at radius 1 is 1.38 bits per heavy atom. The molecule has 112 valence electrons. The van der Waals surface area contributed by atoms with Gasteiger partial charge in [-0.15, -0.1) is 11.3 Å². The number of nitrogens with one attached hydrogen (secondary N) is 1. The molecule has 0 aliphatic rings. The molecule has 5 heteroatoms. The summed E-state index contributed by atoms with van der Waals surface area (Å²) in [5.74, 6) is -0.460. The number of rotatable bonds is 6. The fourth-order valence-corrected chi connectivity index (χ4v) is 3.36. The Labute approximate surface area is 134 Å². The Hall–Kier alpha value is -1.36. The predicted molar refractivity (Wildman–Crippen MR) is 89.0 cm³/mol. The van der Waals surface area contributed by atoms with Gasteiger partial charge in [0.2, 0.25) is 5.91 Å². The van der Waals surface area contributed by atoms with E-state index in [-0.39, 0.29) is 0 Å². The van der Waals surface area contributed by atoms with Crippen LogP contribution in [0.2, 0.25) is 5.02 Å². The van der Waals surface area contributed by atoms with Crippen LogP contribution >= 0.6 is 22.9 Å². The van der Waals surface area contributed by atoms with Gasteiger partial charge in [-0.2, -0.15) is 0 Å². The van der Waals surface area contributed by atoms with Crippen LogP contribution < -0.4 is 11.1 Å². The molecule has 3 N–H and O–H groups in total. The lowest BCUT2D eigenvalue weighted by molar-refractivity contribution is 0.100. The van der Waals surface area contributed by atoms with E-state index >= 15 is 0 Å². The summed E-state index contributed by atoms with van der Waals surface area (Å²) in [5.41, 5.74) is 6.64. The molecule has 0 saturated carbocycles. The van der Waals surface area contributed by atoms with Crippen LogP contribution in [-0.4, -0.2) is 11.9 Å². The number of aryl methyl sites for hydroxylation is 1. The van der Waals surface area contributed by atoms with Crippen molar-refractivity contribution in [3.63, 3.8) is 0 Å². The minimum atomic E-state index is -0.460. The highest BCUT2D eigenvalue weighted by Crippen LogP contribution is 2.19. The number of hydrogen-bond donors (Lipinski definition) is 2. The van der Waals surface area contributed by atoms with Gasteiger partial charge >= 0.3 is 0 Å². The number of nitrogens with two attached hydrogens (primary N) is 1. The van der Waals surface area contributed by atoms with E-state index in [1.165, 1.54) is 9.75 Å².